The maximum Gasteiger partial charge on any atom is 0.173 e. The number of ketones is 1. The first-order chi connectivity index (χ1) is 15.3. The number of ether oxygens (including phenoxy) is 3. The van der Waals surface area contributed by atoms with Gasteiger partial charge < -0.3 is 44.8 Å². The molecule has 4 rings (SSSR count). The van der Waals surface area contributed by atoms with Crippen molar-refractivity contribution in [1.82, 2.24) is 0 Å². The zero-order valence-corrected chi connectivity index (χ0v) is 17.4. The van der Waals surface area contributed by atoms with E-state index in [9.17, 15) is 35.4 Å². The second kappa shape index (κ2) is 8.97. The molecular weight excluding hydrogens is 424 g/mol. The largest absolute Gasteiger partial charge is 0.504 e. The Morgan fingerprint density at radius 3 is 2.50 bits per heavy atom. The number of aromatic hydroxyl groups is 1. The van der Waals surface area contributed by atoms with E-state index in [-0.39, 0.29) is 29.3 Å². The lowest BCUT2D eigenvalue weighted by molar-refractivity contribution is -0.262. The number of phenolic OH excluding ortho intramolecular Hbond substituents is 1. The minimum absolute atomic E-state index is 0.0672. The molecule has 6 N–H and O–H groups in total. The summed E-state index contributed by atoms with van der Waals surface area (Å²) in [4.78, 5) is 13.3. The molecule has 1 aromatic carbocycles. The molecule has 1 aromatic rings. The van der Waals surface area contributed by atoms with E-state index >= 15 is 0 Å². The molecule has 176 valence electrons. The number of allylic oxidation sites excluding steroid dienone is 1. The minimum Gasteiger partial charge on any atom is -0.504 e. The highest BCUT2D eigenvalue weighted by molar-refractivity contribution is 6.22. The van der Waals surface area contributed by atoms with Crippen LogP contribution >= 0.6 is 0 Å². The van der Waals surface area contributed by atoms with Crippen LogP contribution in [0.2, 0.25) is 0 Å². The van der Waals surface area contributed by atoms with Gasteiger partial charge >= 0.3 is 0 Å². The number of hydrogen-bond donors (Lipinski definition) is 6. The molecule has 10 heteroatoms. The summed E-state index contributed by atoms with van der Waals surface area (Å²) < 4.78 is 16.7. The molecule has 1 saturated carbocycles. The summed E-state index contributed by atoms with van der Waals surface area (Å²) in [6, 6.07) is 4.50. The lowest BCUT2D eigenvalue weighted by Crippen LogP contribution is -2.65. The van der Waals surface area contributed by atoms with Gasteiger partial charge in [-0.1, -0.05) is 6.07 Å². The number of aliphatic hydroxyl groups excluding tert-OH is 5. The molecule has 3 aliphatic rings. The van der Waals surface area contributed by atoms with Gasteiger partial charge in [-0.15, -0.1) is 0 Å². The normalized spacial score (nSPS) is 39.6. The smallest absolute Gasteiger partial charge is 0.173 e. The molecule has 0 bridgehead atoms. The van der Waals surface area contributed by atoms with E-state index in [2.05, 4.69) is 0 Å². The molecule has 0 amide bonds. The molecule has 1 saturated heterocycles. The number of aliphatic hydroxyl groups is 5. The Balaban J connectivity index is 1.64. The summed E-state index contributed by atoms with van der Waals surface area (Å²) in [7, 11) is 1.40. The summed E-state index contributed by atoms with van der Waals surface area (Å²) in [5, 5.41) is 60.8. The fourth-order valence-corrected chi connectivity index (χ4v) is 4.97. The van der Waals surface area contributed by atoms with Crippen molar-refractivity contribution in [1.29, 1.82) is 0 Å². The van der Waals surface area contributed by atoms with E-state index in [1.165, 1.54) is 25.5 Å². The van der Waals surface area contributed by atoms with Gasteiger partial charge in [-0.2, -0.15) is 0 Å². The number of phenols is 1. The number of benzene rings is 1. The van der Waals surface area contributed by atoms with Crippen molar-refractivity contribution >= 4 is 11.4 Å². The maximum absolute atomic E-state index is 13.3. The average molecular weight is 452 g/mol. The van der Waals surface area contributed by atoms with E-state index in [1.54, 1.807) is 6.07 Å². The van der Waals surface area contributed by atoms with Gasteiger partial charge in [0, 0.05) is 0 Å². The fraction of sp³-hybridized carbons (Fsp3) is 0.591. The highest BCUT2D eigenvalue weighted by Gasteiger charge is 2.55. The van der Waals surface area contributed by atoms with Crippen LogP contribution < -0.4 is 4.74 Å². The Kier molecular flexibility index (Phi) is 6.44. The van der Waals surface area contributed by atoms with Gasteiger partial charge in [-0.05, 0) is 30.5 Å². The highest BCUT2D eigenvalue weighted by Crippen LogP contribution is 2.44. The quantitative estimate of drug-likeness (QED) is 0.331. The van der Waals surface area contributed by atoms with Gasteiger partial charge in [-0.3, -0.25) is 4.79 Å². The molecule has 0 spiro atoms. The van der Waals surface area contributed by atoms with Gasteiger partial charge in [-0.25, -0.2) is 0 Å². The molecule has 2 aliphatic heterocycles. The third kappa shape index (κ3) is 3.76. The first-order valence-electron chi connectivity index (χ1n) is 10.5. The van der Waals surface area contributed by atoms with Crippen LogP contribution in [-0.2, 0) is 14.3 Å². The third-order valence-corrected chi connectivity index (χ3v) is 6.74. The molecule has 2 fully saturated rings. The van der Waals surface area contributed by atoms with Gasteiger partial charge in [0.2, 0.25) is 0 Å². The molecule has 5 unspecified atom stereocenters. The lowest BCUT2D eigenvalue weighted by atomic mass is 9.68. The number of rotatable bonds is 4. The van der Waals surface area contributed by atoms with Crippen LogP contribution in [0.3, 0.4) is 0 Å². The van der Waals surface area contributed by atoms with Crippen molar-refractivity contribution in [2.45, 2.75) is 55.6 Å². The fourth-order valence-electron chi connectivity index (χ4n) is 4.97. The molecule has 0 aromatic heterocycles. The predicted octanol–water partition coefficient (Wildman–Crippen LogP) is -1.06. The number of hydrogen-bond acceptors (Lipinski definition) is 10. The van der Waals surface area contributed by atoms with Crippen molar-refractivity contribution in [3.63, 3.8) is 0 Å². The van der Waals surface area contributed by atoms with E-state index in [0.29, 0.717) is 12.0 Å². The lowest BCUT2D eigenvalue weighted by Gasteiger charge is -2.49. The number of carbonyl (C=O) groups is 1. The zero-order chi connectivity index (χ0) is 23.2. The summed E-state index contributed by atoms with van der Waals surface area (Å²) in [5.41, 5.74) is 0.784. The van der Waals surface area contributed by atoms with Crippen LogP contribution in [0.25, 0.3) is 5.57 Å². The summed E-state index contributed by atoms with van der Waals surface area (Å²) >= 11 is 0. The monoisotopic (exact) mass is 452 g/mol. The molecule has 1 aliphatic carbocycles. The van der Waals surface area contributed by atoms with Crippen LogP contribution in [0.1, 0.15) is 18.4 Å². The number of fused-ring (bicyclic) bond motifs is 1. The van der Waals surface area contributed by atoms with Crippen LogP contribution in [0.4, 0.5) is 0 Å². The number of Topliss-reactive ketones (excluding diaryl/α,β-unsaturated/α-hetero) is 1. The Labute approximate surface area is 184 Å². The van der Waals surface area contributed by atoms with E-state index in [1.807, 2.05) is 0 Å². The van der Waals surface area contributed by atoms with Crippen molar-refractivity contribution in [3.8, 4) is 11.5 Å². The first-order valence-corrected chi connectivity index (χ1v) is 10.5. The van der Waals surface area contributed by atoms with Crippen molar-refractivity contribution in [3.05, 3.63) is 30.0 Å². The highest BCUT2D eigenvalue weighted by atomic mass is 16.5. The van der Waals surface area contributed by atoms with Gasteiger partial charge in [0.25, 0.3) is 0 Å². The van der Waals surface area contributed by atoms with E-state index in [0.717, 1.165) is 0 Å². The Bertz CT molecular complexity index is 883. The molecule has 9 atom stereocenters. The van der Waals surface area contributed by atoms with E-state index < -0.39 is 61.2 Å². The zero-order valence-electron chi connectivity index (χ0n) is 17.4. The molecule has 2 heterocycles. The Morgan fingerprint density at radius 1 is 1.06 bits per heavy atom. The van der Waals surface area contributed by atoms with Gasteiger partial charge in [0.1, 0.15) is 30.5 Å². The second-order valence-corrected chi connectivity index (χ2v) is 8.51. The van der Waals surface area contributed by atoms with E-state index in [4.69, 9.17) is 14.2 Å². The van der Waals surface area contributed by atoms with Crippen LogP contribution in [0.15, 0.2) is 24.5 Å². The minimum atomic E-state index is -1.59. The predicted molar refractivity (Wildman–Crippen MR) is 109 cm³/mol. The first kappa shape index (κ1) is 23.0. The maximum atomic E-state index is 13.3. The average Bonchev–Trinajstić information content (AvgIpc) is 2.79. The Morgan fingerprint density at radius 2 is 1.81 bits per heavy atom. The summed E-state index contributed by atoms with van der Waals surface area (Å²) in [6.07, 6.45) is -6.91. The van der Waals surface area contributed by atoms with Crippen molar-refractivity contribution in [2.75, 3.05) is 13.7 Å². The SMILES string of the molecule is COc1cc(C2=COC3C(CCC(O)C3C3O[C@H](CO)[C@@H](O)[C@H](O)[C@H]3O)C2=O)ccc1O. The van der Waals surface area contributed by atoms with Crippen molar-refractivity contribution < 1.29 is 49.6 Å². The molecule has 10 nitrogen and oxygen atoms in total. The summed E-state index contributed by atoms with van der Waals surface area (Å²) in [5.74, 6) is -1.61. The molecule has 32 heavy (non-hydrogen) atoms. The second-order valence-electron chi connectivity index (χ2n) is 8.51. The van der Waals surface area contributed by atoms with Crippen LogP contribution in [0.5, 0.6) is 11.5 Å². The standard InChI is InChI=1S/C22H28O10/c1-30-14-6-9(2-4-12(14)24)11-8-31-21-10(17(11)26)3-5-13(25)16(21)22-20(29)19(28)18(27)15(7-23)32-22/h2,4,6,8,10,13,15-16,18-25,27-29H,3,5,7H2,1H3/t10?,13?,15-,16?,18-,19+,20-,21?,22?/m1/s1. The summed E-state index contributed by atoms with van der Waals surface area (Å²) in [6.45, 7) is -0.592. The van der Waals surface area contributed by atoms with Crippen LogP contribution in [-0.4, -0.2) is 92.9 Å². The number of methoxy groups -OCH3 is 1. The molecule has 0 radical (unpaired) electrons. The Hall–Kier alpha value is -2.21. The number of carbonyl (C=O) groups excluding carboxylic acids is 1. The molecular formula is C22H28O10. The van der Waals surface area contributed by atoms with Crippen molar-refractivity contribution in [2.24, 2.45) is 11.8 Å². The van der Waals surface area contributed by atoms with Crippen LogP contribution in [0, 0.1) is 11.8 Å². The third-order valence-electron chi connectivity index (χ3n) is 6.74. The topological polar surface area (TPSA) is 166 Å². The van der Waals surface area contributed by atoms with Gasteiger partial charge in [0.15, 0.2) is 17.3 Å². The van der Waals surface area contributed by atoms with Gasteiger partial charge in [0.05, 0.1) is 49.6 Å².